The van der Waals surface area contributed by atoms with Gasteiger partial charge in [-0.1, -0.05) is 6.92 Å². The molecule has 0 N–H and O–H groups in total. The number of hydrogen-bond donors (Lipinski definition) is 0. The van der Waals surface area contributed by atoms with Gasteiger partial charge < -0.3 is 4.74 Å². The second kappa shape index (κ2) is 5.58. The first-order valence-electron chi connectivity index (χ1n) is 5.11. The summed E-state index contributed by atoms with van der Waals surface area (Å²) in [4.78, 5) is 11.1. The fourth-order valence-corrected chi connectivity index (χ4v) is 1.32. The monoisotopic (exact) mass is 228 g/mol. The quantitative estimate of drug-likeness (QED) is 0.723. The summed E-state index contributed by atoms with van der Waals surface area (Å²) in [5, 5.41) is 0. The van der Waals surface area contributed by atoms with Crippen molar-refractivity contribution in [3.8, 4) is 5.75 Å². The molecular weight excluding hydrogens is 214 g/mol. The van der Waals surface area contributed by atoms with Crippen LogP contribution in [0.25, 0.3) is 0 Å². The average molecular weight is 228 g/mol. The van der Waals surface area contributed by atoms with Gasteiger partial charge in [0.05, 0.1) is 6.61 Å². The Bertz CT molecular complexity index is 375. The van der Waals surface area contributed by atoms with Crippen molar-refractivity contribution < 1.29 is 18.3 Å². The van der Waals surface area contributed by atoms with Crippen molar-refractivity contribution in [1.29, 1.82) is 0 Å². The van der Waals surface area contributed by atoms with E-state index in [0.29, 0.717) is 12.4 Å². The van der Waals surface area contributed by atoms with Gasteiger partial charge in [0, 0.05) is 5.56 Å². The maximum atomic E-state index is 12.2. The molecule has 2 nitrogen and oxygen atoms in total. The highest BCUT2D eigenvalue weighted by molar-refractivity contribution is 5.98. The summed E-state index contributed by atoms with van der Waals surface area (Å²) in [6.07, 6.45) is -2.15. The molecule has 0 unspecified atom stereocenters. The standard InChI is InChI=1S/C12H14F2O2/c1-3-4-16-10-6-8(2)5-9(7-10)11(15)12(13)14/h5-7,12H,3-4H2,1-2H3. The number of carbonyl (C=O) groups excluding carboxylic acids is 1. The lowest BCUT2D eigenvalue weighted by atomic mass is 10.1. The zero-order valence-corrected chi connectivity index (χ0v) is 9.30. The van der Waals surface area contributed by atoms with Crippen molar-refractivity contribution in [1.82, 2.24) is 0 Å². The molecule has 0 bridgehead atoms. The van der Waals surface area contributed by atoms with Crippen molar-refractivity contribution in [2.45, 2.75) is 26.7 Å². The highest BCUT2D eigenvalue weighted by Gasteiger charge is 2.18. The number of aryl methyl sites for hydroxylation is 1. The molecule has 16 heavy (non-hydrogen) atoms. The molecule has 1 aromatic carbocycles. The zero-order valence-electron chi connectivity index (χ0n) is 9.30. The van der Waals surface area contributed by atoms with Crippen LogP contribution in [0.1, 0.15) is 29.3 Å². The Labute approximate surface area is 93.2 Å². The summed E-state index contributed by atoms with van der Waals surface area (Å²) >= 11 is 0. The van der Waals surface area contributed by atoms with Crippen LogP contribution < -0.4 is 4.74 Å². The molecule has 1 rings (SSSR count). The highest BCUT2D eigenvalue weighted by Crippen LogP contribution is 2.19. The third kappa shape index (κ3) is 3.29. The smallest absolute Gasteiger partial charge is 0.300 e. The lowest BCUT2D eigenvalue weighted by molar-refractivity contribution is 0.0678. The van der Waals surface area contributed by atoms with Crippen LogP contribution in [0.2, 0.25) is 0 Å². The summed E-state index contributed by atoms with van der Waals surface area (Å²) in [6.45, 7) is 4.19. The molecule has 88 valence electrons. The second-order valence-corrected chi connectivity index (χ2v) is 3.55. The summed E-state index contributed by atoms with van der Waals surface area (Å²) in [7, 11) is 0. The van der Waals surface area contributed by atoms with Crippen LogP contribution in [-0.4, -0.2) is 18.8 Å². The van der Waals surface area contributed by atoms with E-state index < -0.39 is 12.2 Å². The Morgan fingerprint density at radius 2 is 2.06 bits per heavy atom. The molecule has 0 aromatic heterocycles. The zero-order chi connectivity index (χ0) is 12.1. The number of hydrogen-bond acceptors (Lipinski definition) is 2. The maximum absolute atomic E-state index is 12.2. The fourth-order valence-electron chi connectivity index (χ4n) is 1.32. The van der Waals surface area contributed by atoms with Crippen LogP contribution in [0.5, 0.6) is 5.75 Å². The van der Waals surface area contributed by atoms with E-state index in [2.05, 4.69) is 0 Å². The van der Waals surface area contributed by atoms with Gasteiger partial charge in [-0.3, -0.25) is 4.79 Å². The lowest BCUT2D eigenvalue weighted by Gasteiger charge is -2.08. The largest absolute Gasteiger partial charge is 0.494 e. The first-order chi connectivity index (χ1) is 7.54. The molecule has 0 aliphatic carbocycles. The SMILES string of the molecule is CCCOc1cc(C)cc(C(=O)C(F)F)c1. The minimum absolute atomic E-state index is 0.00102. The second-order valence-electron chi connectivity index (χ2n) is 3.55. The molecular formula is C12H14F2O2. The predicted molar refractivity (Wildman–Crippen MR) is 57.3 cm³/mol. The Hall–Kier alpha value is -1.45. The summed E-state index contributed by atoms with van der Waals surface area (Å²) in [5.74, 6) is -0.698. The van der Waals surface area contributed by atoms with Gasteiger partial charge in [-0.2, -0.15) is 0 Å². The number of Topliss-reactive ketones (excluding diaryl/α,β-unsaturated/α-hetero) is 1. The van der Waals surface area contributed by atoms with Gasteiger partial charge in [-0.15, -0.1) is 0 Å². The Morgan fingerprint density at radius 3 is 2.62 bits per heavy atom. The van der Waals surface area contributed by atoms with Crippen LogP contribution >= 0.6 is 0 Å². The lowest BCUT2D eigenvalue weighted by Crippen LogP contribution is -2.10. The minimum atomic E-state index is -2.97. The van der Waals surface area contributed by atoms with E-state index in [4.69, 9.17) is 4.74 Å². The molecule has 0 saturated carbocycles. The molecule has 0 fully saturated rings. The first-order valence-corrected chi connectivity index (χ1v) is 5.11. The molecule has 0 atom stereocenters. The molecule has 1 aromatic rings. The number of ether oxygens (including phenoxy) is 1. The van der Waals surface area contributed by atoms with Crippen molar-refractivity contribution in [3.63, 3.8) is 0 Å². The Morgan fingerprint density at radius 1 is 1.38 bits per heavy atom. The number of alkyl halides is 2. The van der Waals surface area contributed by atoms with Gasteiger partial charge in [0.2, 0.25) is 5.78 Å². The third-order valence-electron chi connectivity index (χ3n) is 2.01. The highest BCUT2D eigenvalue weighted by atomic mass is 19.3. The Balaban J connectivity index is 2.93. The molecule has 0 amide bonds. The van der Waals surface area contributed by atoms with Gasteiger partial charge in [0.25, 0.3) is 0 Å². The van der Waals surface area contributed by atoms with Gasteiger partial charge in [-0.05, 0) is 37.1 Å². The van der Waals surface area contributed by atoms with Crippen LogP contribution in [0.4, 0.5) is 8.78 Å². The van der Waals surface area contributed by atoms with Crippen molar-refractivity contribution in [2.24, 2.45) is 0 Å². The van der Waals surface area contributed by atoms with Gasteiger partial charge >= 0.3 is 6.43 Å². The van der Waals surface area contributed by atoms with Crippen molar-refractivity contribution in [2.75, 3.05) is 6.61 Å². The number of halogens is 2. The summed E-state index contributed by atoms with van der Waals surface area (Å²) in [5.41, 5.74) is 0.735. The van der Waals surface area contributed by atoms with Gasteiger partial charge in [-0.25, -0.2) is 8.78 Å². The maximum Gasteiger partial charge on any atom is 0.300 e. The van der Waals surface area contributed by atoms with E-state index in [1.54, 1.807) is 13.0 Å². The molecule has 0 aliphatic rings. The van der Waals surface area contributed by atoms with Crippen LogP contribution in [-0.2, 0) is 0 Å². The van der Waals surface area contributed by atoms with Crippen LogP contribution in [0, 0.1) is 6.92 Å². The molecule has 0 aliphatic heterocycles. The van der Waals surface area contributed by atoms with Crippen LogP contribution in [0.3, 0.4) is 0 Å². The normalized spacial score (nSPS) is 10.6. The van der Waals surface area contributed by atoms with Crippen molar-refractivity contribution in [3.05, 3.63) is 29.3 Å². The topological polar surface area (TPSA) is 26.3 Å². The predicted octanol–water partition coefficient (Wildman–Crippen LogP) is 3.23. The molecule has 0 saturated heterocycles. The number of rotatable bonds is 5. The van der Waals surface area contributed by atoms with Crippen LogP contribution in [0.15, 0.2) is 18.2 Å². The van der Waals surface area contributed by atoms with E-state index in [1.165, 1.54) is 12.1 Å². The van der Waals surface area contributed by atoms with E-state index in [9.17, 15) is 13.6 Å². The Kier molecular flexibility index (Phi) is 4.40. The minimum Gasteiger partial charge on any atom is -0.494 e. The van der Waals surface area contributed by atoms with Gasteiger partial charge in [0.15, 0.2) is 0 Å². The fraction of sp³-hybridized carbons (Fsp3) is 0.417. The molecule has 0 spiro atoms. The van der Waals surface area contributed by atoms with E-state index in [1.807, 2.05) is 6.92 Å². The summed E-state index contributed by atoms with van der Waals surface area (Å²) in [6, 6.07) is 4.52. The average Bonchev–Trinajstić information content (AvgIpc) is 2.24. The number of ketones is 1. The molecule has 0 heterocycles. The molecule has 4 heteroatoms. The van der Waals surface area contributed by atoms with E-state index in [0.717, 1.165) is 12.0 Å². The van der Waals surface area contributed by atoms with E-state index in [-0.39, 0.29) is 5.56 Å². The third-order valence-corrected chi connectivity index (χ3v) is 2.01. The summed E-state index contributed by atoms with van der Waals surface area (Å²) < 4.78 is 29.8. The number of benzene rings is 1. The number of carbonyl (C=O) groups is 1. The van der Waals surface area contributed by atoms with Gasteiger partial charge in [0.1, 0.15) is 5.75 Å². The van der Waals surface area contributed by atoms with Crippen molar-refractivity contribution >= 4 is 5.78 Å². The molecule has 0 radical (unpaired) electrons. The first kappa shape index (κ1) is 12.6. The van der Waals surface area contributed by atoms with E-state index >= 15 is 0 Å².